The van der Waals surface area contributed by atoms with Gasteiger partial charge in [-0.25, -0.2) is 8.78 Å². The van der Waals surface area contributed by atoms with Crippen molar-refractivity contribution in [1.29, 1.82) is 0 Å². The molecule has 3 rings (SSSR count). The Labute approximate surface area is 129 Å². The van der Waals surface area contributed by atoms with E-state index in [1.165, 1.54) is 12.1 Å². The lowest BCUT2D eigenvalue weighted by Gasteiger charge is -2.14. The van der Waals surface area contributed by atoms with Gasteiger partial charge in [0.05, 0.1) is 11.2 Å². The number of hydrogen-bond acceptors (Lipinski definition) is 1. The molecule has 1 heterocycles. The summed E-state index contributed by atoms with van der Waals surface area (Å²) in [6, 6.07) is 9.06. The Morgan fingerprint density at radius 3 is 2.43 bits per heavy atom. The third-order valence-electron chi connectivity index (χ3n) is 3.65. The van der Waals surface area contributed by atoms with Gasteiger partial charge < -0.3 is 4.90 Å². The average molecular weight is 352 g/mol. The molecule has 1 amide bonds. The molecule has 1 aliphatic heterocycles. The minimum Gasteiger partial charge on any atom is -0.315 e. The molecular formula is C16H12BrF2NO. The average Bonchev–Trinajstić information content (AvgIpc) is 2.71. The SMILES string of the molecule is CN1C(=O)Cc2cc(C(Br)c3cc(F)cc(F)c3)ccc21. The van der Waals surface area contributed by atoms with E-state index in [9.17, 15) is 13.6 Å². The molecule has 1 aliphatic rings. The van der Waals surface area contributed by atoms with E-state index in [0.29, 0.717) is 12.0 Å². The van der Waals surface area contributed by atoms with Crippen molar-refractivity contribution >= 4 is 27.5 Å². The number of halogens is 3. The van der Waals surface area contributed by atoms with Gasteiger partial charge in [0, 0.05) is 18.8 Å². The number of carbonyl (C=O) groups is 1. The normalized spacial score (nSPS) is 15.2. The maximum atomic E-state index is 13.3. The number of hydrogen-bond donors (Lipinski definition) is 0. The van der Waals surface area contributed by atoms with Crippen LogP contribution in [-0.4, -0.2) is 13.0 Å². The first-order chi connectivity index (χ1) is 9.95. The van der Waals surface area contributed by atoms with E-state index >= 15 is 0 Å². The van der Waals surface area contributed by atoms with Crippen LogP contribution in [0.15, 0.2) is 36.4 Å². The van der Waals surface area contributed by atoms with Crippen LogP contribution in [0.1, 0.15) is 21.5 Å². The molecule has 0 radical (unpaired) electrons. The van der Waals surface area contributed by atoms with Crippen LogP contribution in [0.5, 0.6) is 0 Å². The fourth-order valence-corrected chi connectivity index (χ4v) is 3.11. The van der Waals surface area contributed by atoms with Gasteiger partial charge in [-0.05, 0) is 34.9 Å². The monoisotopic (exact) mass is 351 g/mol. The van der Waals surface area contributed by atoms with E-state index in [0.717, 1.165) is 22.9 Å². The Bertz CT molecular complexity index is 712. The maximum Gasteiger partial charge on any atom is 0.231 e. The molecule has 0 aromatic heterocycles. The maximum absolute atomic E-state index is 13.3. The number of likely N-dealkylation sites (N-methyl/N-ethyl adjacent to an activating group) is 1. The van der Waals surface area contributed by atoms with Crippen LogP contribution in [0.25, 0.3) is 0 Å². The Hall–Kier alpha value is -1.75. The highest BCUT2D eigenvalue weighted by Crippen LogP contribution is 2.36. The molecule has 0 spiro atoms. The summed E-state index contributed by atoms with van der Waals surface area (Å²) in [6.45, 7) is 0. The number of carbonyl (C=O) groups excluding carboxylic acids is 1. The molecule has 2 aromatic rings. The molecule has 1 atom stereocenters. The van der Waals surface area contributed by atoms with Crippen molar-refractivity contribution in [2.75, 3.05) is 11.9 Å². The molecule has 1 unspecified atom stereocenters. The lowest BCUT2D eigenvalue weighted by molar-refractivity contribution is -0.117. The summed E-state index contributed by atoms with van der Waals surface area (Å²) in [5.41, 5.74) is 3.18. The van der Waals surface area contributed by atoms with E-state index < -0.39 is 11.6 Å². The zero-order valence-corrected chi connectivity index (χ0v) is 12.8. The lowest BCUT2D eigenvalue weighted by atomic mass is 10.0. The fraction of sp³-hybridized carbons (Fsp3) is 0.188. The number of rotatable bonds is 2. The molecule has 108 valence electrons. The third-order valence-corrected chi connectivity index (χ3v) is 4.71. The Balaban J connectivity index is 1.98. The Kier molecular flexibility index (Phi) is 3.53. The number of fused-ring (bicyclic) bond motifs is 1. The minimum absolute atomic E-state index is 0.0464. The first kappa shape index (κ1) is 14.2. The van der Waals surface area contributed by atoms with Crippen molar-refractivity contribution in [3.63, 3.8) is 0 Å². The summed E-state index contributed by atoms with van der Waals surface area (Å²) in [6.07, 6.45) is 0.358. The van der Waals surface area contributed by atoms with Gasteiger partial charge in [0.15, 0.2) is 0 Å². The Morgan fingerprint density at radius 1 is 1.10 bits per heavy atom. The van der Waals surface area contributed by atoms with Crippen molar-refractivity contribution in [3.8, 4) is 0 Å². The van der Waals surface area contributed by atoms with Crippen molar-refractivity contribution < 1.29 is 13.6 Å². The molecule has 2 aromatic carbocycles. The number of benzene rings is 2. The van der Waals surface area contributed by atoms with E-state index in [-0.39, 0.29) is 10.7 Å². The van der Waals surface area contributed by atoms with Gasteiger partial charge in [-0.1, -0.05) is 28.1 Å². The highest BCUT2D eigenvalue weighted by molar-refractivity contribution is 9.09. The molecule has 0 N–H and O–H groups in total. The van der Waals surface area contributed by atoms with Crippen LogP contribution >= 0.6 is 15.9 Å². The van der Waals surface area contributed by atoms with Crippen LogP contribution in [0.4, 0.5) is 14.5 Å². The summed E-state index contributed by atoms with van der Waals surface area (Å²) in [4.78, 5) is 13.0. The predicted octanol–water partition coefficient (Wildman–Crippen LogP) is 3.97. The number of amides is 1. The summed E-state index contributed by atoms with van der Waals surface area (Å²) in [5, 5.41) is 0. The first-order valence-corrected chi connectivity index (χ1v) is 7.36. The summed E-state index contributed by atoms with van der Waals surface area (Å²) < 4.78 is 26.6. The van der Waals surface area contributed by atoms with Crippen molar-refractivity contribution in [1.82, 2.24) is 0 Å². The molecule has 0 bridgehead atoms. The number of anilines is 1. The molecule has 0 saturated heterocycles. The first-order valence-electron chi connectivity index (χ1n) is 6.45. The second-order valence-electron chi connectivity index (χ2n) is 5.08. The highest BCUT2D eigenvalue weighted by atomic mass is 79.9. The lowest BCUT2D eigenvalue weighted by Crippen LogP contribution is -2.20. The van der Waals surface area contributed by atoms with Gasteiger partial charge in [-0.3, -0.25) is 4.79 Å². The highest BCUT2D eigenvalue weighted by Gasteiger charge is 2.25. The quantitative estimate of drug-likeness (QED) is 0.749. The van der Waals surface area contributed by atoms with Crippen LogP contribution in [0.3, 0.4) is 0 Å². The smallest absolute Gasteiger partial charge is 0.231 e. The summed E-state index contributed by atoms with van der Waals surface area (Å²) >= 11 is 3.47. The van der Waals surface area contributed by atoms with Crippen LogP contribution < -0.4 is 4.90 Å². The van der Waals surface area contributed by atoms with Gasteiger partial charge in [0.1, 0.15) is 11.6 Å². The molecule has 21 heavy (non-hydrogen) atoms. The molecule has 5 heteroatoms. The zero-order chi connectivity index (χ0) is 15.1. The molecule has 0 saturated carbocycles. The van der Waals surface area contributed by atoms with Gasteiger partial charge in [0.25, 0.3) is 0 Å². The van der Waals surface area contributed by atoms with Crippen LogP contribution in [-0.2, 0) is 11.2 Å². The topological polar surface area (TPSA) is 20.3 Å². The third kappa shape index (κ3) is 2.58. The second-order valence-corrected chi connectivity index (χ2v) is 6.00. The fourth-order valence-electron chi connectivity index (χ4n) is 2.56. The zero-order valence-electron chi connectivity index (χ0n) is 11.2. The minimum atomic E-state index is -0.606. The largest absolute Gasteiger partial charge is 0.315 e. The number of alkyl halides is 1. The van der Waals surface area contributed by atoms with Crippen molar-refractivity contribution in [2.24, 2.45) is 0 Å². The van der Waals surface area contributed by atoms with Gasteiger partial charge in [0.2, 0.25) is 5.91 Å². The summed E-state index contributed by atoms with van der Waals surface area (Å²) in [5.74, 6) is -1.17. The summed E-state index contributed by atoms with van der Waals surface area (Å²) in [7, 11) is 1.74. The van der Waals surface area contributed by atoms with Crippen molar-refractivity contribution in [3.05, 3.63) is 64.7 Å². The predicted molar refractivity (Wildman–Crippen MR) is 80.7 cm³/mol. The van der Waals surface area contributed by atoms with Gasteiger partial charge in [-0.15, -0.1) is 0 Å². The molecule has 2 nitrogen and oxygen atoms in total. The standard InChI is InChI=1S/C16H12BrF2NO/c1-20-14-3-2-9(4-10(14)7-15(20)21)16(17)11-5-12(18)8-13(19)6-11/h2-6,8,16H,7H2,1H3. The second kappa shape index (κ2) is 5.22. The van der Waals surface area contributed by atoms with E-state index in [2.05, 4.69) is 15.9 Å². The van der Waals surface area contributed by atoms with Crippen LogP contribution in [0, 0.1) is 11.6 Å². The Morgan fingerprint density at radius 2 is 1.76 bits per heavy atom. The van der Waals surface area contributed by atoms with E-state index in [1.54, 1.807) is 11.9 Å². The van der Waals surface area contributed by atoms with Gasteiger partial charge in [-0.2, -0.15) is 0 Å². The van der Waals surface area contributed by atoms with E-state index in [1.807, 2.05) is 18.2 Å². The van der Waals surface area contributed by atoms with E-state index in [4.69, 9.17) is 0 Å². The molecule has 0 aliphatic carbocycles. The molecular weight excluding hydrogens is 340 g/mol. The van der Waals surface area contributed by atoms with Crippen LogP contribution in [0.2, 0.25) is 0 Å². The number of nitrogens with zero attached hydrogens (tertiary/aromatic N) is 1. The molecule has 0 fully saturated rings. The van der Waals surface area contributed by atoms with Gasteiger partial charge >= 0.3 is 0 Å². The van der Waals surface area contributed by atoms with Crippen molar-refractivity contribution in [2.45, 2.75) is 11.2 Å².